The molecule has 1 atom stereocenters. The number of hydrogen-bond donors (Lipinski definition) is 3. The predicted octanol–water partition coefficient (Wildman–Crippen LogP) is 3.96. The van der Waals surface area contributed by atoms with Crippen molar-refractivity contribution in [3.63, 3.8) is 0 Å². The fourth-order valence-electron chi connectivity index (χ4n) is 4.69. The van der Waals surface area contributed by atoms with Gasteiger partial charge in [0.1, 0.15) is 17.3 Å². The van der Waals surface area contributed by atoms with E-state index in [9.17, 15) is 29.7 Å². The first-order valence-electron chi connectivity index (χ1n) is 9.84. The lowest BCUT2D eigenvalue weighted by atomic mass is 9.62. The Balaban J connectivity index is 2.18. The van der Waals surface area contributed by atoms with Crippen molar-refractivity contribution in [2.75, 3.05) is 0 Å². The van der Waals surface area contributed by atoms with Gasteiger partial charge in [-0.05, 0) is 28.5 Å². The summed E-state index contributed by atoms with van der Waals surface area (Å²) in [5.41, 5.74) is -0.460. The lowest BCUT2D eigenvalue weighted by Crippen LogP contribution is -2.43. The van der Waals surface area contributed by atoms with E-state index in [4.69, 9.17) is 0 Å². The van der Waals surface area contributed by atoms with Crippen molar-refractivity contribution in [1.82, 2.24) is 0 Å². The standard InChI is InChI=1S/C23H28O6/c1-22(2)8-15(26)20(16(27)9-22)19(12-5-6-13(24)14(25)7-12)21-17(28)10-23(3,4)11-18(21)29/h5-7,19-20,24-25,28H,8-11H2,1-4H3. The van der Waals surface area contributed by atoms with E-state index in [1.165, 1.54) is 18.2 Å². The zero-order valence-electron chi connectivity index (χ0n) is 17.3. The molecule has 1 unspecified atom stereocenters. The molecular weight excluding hydrogens is 372 g/mol. The normalized spacial score (nSPS) is 23.4. The molecule has 0 bridgehead atoms. The minimum Gasteiger partial charge on any atom is -0.512 e. The van der Waals surface area contributed by atoms with Gasteiger partial charge in [-0.1, -0.05) is 33.8 Å². The Hall–Kier alpha value is -2.63. The molecule has 0 radical (unpaired) electrons. The molecule has 3 rings (SSSR count). The molecule has 0 saturated heterocycles. The van der Waals surface area contributed by atoms with Gasteiger partial charge in [-0.2, -0.15) is 0 Å². The minimum absolute atomic E-state index is 0.0702. The average molecular weight is 400 g/mol. The molecule has 2 aliphatic carbocycles. The molecule has 1 fully saturated rings. The van der Waals surface area contributed by atoms with Crippen LogP contribution in [0, 0.1) is 16.7 Å². The summed E-state index contributed by atoms with van der Waals surface area (Å²) >= 11 is 0. The Morgan fingerprint density at radius 1 is 0.828 bits per heavy atom. The number of phenols is 2. The fourth-order valence-corrected chi connectivity index (χ4v) is 4.69. The fraction of sp³-hybridized carbons (Fsp3) is 0.522. The molecule has 1 aromatic carbocycles. The Labute approximate surface area is 170 Å². The molecular formula is C23H28O6. The van der Waals surface area contributed by atoms with Crippen LogP contribution in [0.1, 0.15) is 64.9 Å². The van der Waals surface area contributed by atoms with Crippen molar-refractivity contribution in [3.8, 4) is 11.5 Å². The highest BCUT2D eigenvalue weighted by Gasteiger charge is 2.48. The van der Waals surface area contributed by atoms with Gasteiger partial charge in [0.2, 0.25) is 0 Å². The summed E-state index contributed by atoms with van der Waals surface area (Å²) in [5, 5.41) is 30.4. The van der Waals surface area contributed by atoms with Gasteiger partial charge in [0.15, 0.2) is 17.3 Å². The van der Waals surface area contributed by atoms with Crippen LogP contribution in [0.2, 0.25) is 0 Å². The molecule has 0 aromatic heterocycles. The quantitative estimate of drug-likeness (QED) is 0.523. The SMILES string of the molecule is CC1(C)CC(=O)C(C(C2=C(O)CC(C)(C)CC2=O)c2ccc(O)c(O)c2)C(=O)C1. The van der Waals surface area contributed by atoms with Crippen LogP contribution in [-0.2, 0) is 14.4 Å². The van der Waals surface area contributed by atoms with E-state index in [1.807, 2.05) is 27.7 Å². The molecule has 6 nitrogen and oxygen atoms in total. The second-order valence-electron chi connectivity index (χ2n) is 9.96. The maximum absolute atomic E-state index is 13.0. The molecule has 3 N–H and O–H groups in total. The number of hydrogen-bond acceptors (Lipinski definition) is 6. The van der Waals surface area contributed by atoms with Gasteiger partial charge >= 0.3 is 0 Å². The highest BCUT2D eigenvalue weighted by molar-refractivity contribution is 6.09. The minimum atomic E-state index is -1.10. The summed E-state index contributed by atoms with van der Waals surface area (Å²) in [6.07, 6.45) is 0.832. The van der Waals surface area contributed by atoms with Gasteiger partial charge in [-0.25, -0.2) is 0 Å². The molecule has 0 spiro atoms. The van der Waals surface area contributed by atoms with Crippen molar-refractivity contribution in [2.45, 2.75) is 59.3 Å². The molecule has 1 aromatic rings. The third-order valence-electron chi connectivity index (χ3n) is 5.90. The molecule has 0 amide bonds. The van der Waals surface area contributed by atoms with Crippen molar-refractivity contribution >= 4 is 17.3 Å². The average Bonchev–Trinajstić information content (AvgIpc) is 2.52. The zero-order valence-corrected chi connectivity index (χ0v) is 17.3. The van der Waals surface area contributed by atoms with Crippen molar-refractivity contribution in [1.29, 1.82) is 0 Å². The topological polar surface area (TPSA) is 112 Å². The summed E-state index contributed by atoms with van der Waals surface area (Å²) in [6.45, 7) is 7.45. The number of rotatable bonds is 3. The maximum Gasteiger partial charge on any atom is 0.163 e. The Kier molecular flexibility index (Phi) is 5.10. The zero-order chi connectivity index (χ0) is 21.7. The third kappa shape index (κ3) is 4.07. The second-order valence-corrected chi connectivity index (χ2v) is 9.96. The highest BCUT2D eigenvalue weighted by Crippen LogP contribution is 2.48. The van der Waals surface area contributed by atoms with Crippen molar-refractivity contribution in [2.24, 2.45) is 16.7 Å². The van der Waals surface area contributed by atoms with Gasteiger partial charge in [-0.3, -0.25) is 14.4 Å². The van der Waals surface area contributed by atoms with Gasteiger partial charge in [0.25, 0.3) is 0 Å². The van der Waals surface area contributed by atoms with E-state index in [2.05, 4.69) is 0 Å². The molecule has 0 heterocycles. The molecule has 156 valence electrons. The number of benzene rings is 1. The first-order chi connectivity index (χ1) is 13.3. The van der Waals surface area contributed by atoms with Crippen LogP contribution in [0.15, 0.2) is 29.5 Å². The summed E-state index contributed by atoms with van der Waals surface area (Å²) in [6, 6.07) is 4.00. The van der Waals surface area contributed by atoms with Crippen LogP contribution in [-0.4, -0.2) is 32.7 Å². The van der Waals surface area contributed by atoms with E-state index >= 15 is 0 Å². The van der Waals surface area contributed by atoms with Crippen LogP contribution in [0.4, 0.5) is 0 Å². The number of aromatic hydroxyl groups is 2. The predicted molar refractivity (Wildman–Crippen MR) is 107 cm³/mol. The number of allylic oxidation sites excluding steroid dienone is 2. The number of aliphatic hydroxyl groups is 1. The van der Waals surface area contributed by atoms with Crippen LogP contribution in [0.25, 0.3) is 0 Å². The molecule has 0 aliphatic heterocycles. The molecule has 1 saturated carbocycles. The van der Waals surface area contributed by atoms with Gasteiger partial charge < -0.3 is 15.3 Å². The van der Waals surface area contributed by atoms with Crippen LogP contribution < -0.4 is 0 Å². The number of ketones is 3. The van der Waals surface area contributed by atoms with Crippen molar-refractivity contribution in [3.05, 3.63) is 35.1 Å². The number of carbonyl (C=O) groups excluding carboxylic acids is 3. The number of carbonyl (C=O) groups is 3. The van der Waals surface area contributed by atoms with E-state index in [1.54, 1.807) is 0 Å². The number of aliphatic hydroxyl groups excluding tert-OH is 1. The van der Waals surface area contributed by atoms with Crippen LogP contribution in [0.3, 0.4) is 0 Å². The summed E-state index contributed by atoms with van der Waals surface area (Å²) in [4.78, 5) is 39.1. The van der Waals surface area contributed by atoms with Crippen LogP contribution >= 0.6 is 0 Å². The second kappa shape index (κ2) is 7.01. The van der Waals surface area contributed by atoms with Gasteiger partial charge in [0, 0.05) is 37.2 Å². The smallest absolute Gasteiger partial charge is 0.163 e. The highest BCUT2D eigenvalue weighted by atomic mass is 16.3. The number of Topliss-reactive ketones (excluding diaryl/α,β-unsaturated/α-hetero) is 3. The van der Waals surface area contributed by atoms with Crippen molar-refractivity contribution < 1.29 is 29.7 Å². The molecule has 6 heteroatoms. The van der Waals surface area contributed by atoms with E-state index < -0.39 is 28.4 Å². The number of phenolic OH excluding ortho intramolecular Hbond substituents is 2. The molecule has 2 aliphatic rings. The largest absolute Gasteiger partial charge is 0.512 e. The Morgan fingerprint density at radius 2 is 1.38 bits per heavy atom. The van der Waals surface area contributed by atoms with E-state index in [0.29, 0.717) is 5.56 Å². The lowest BCUT2D eigenvalue weighted by molar-refractivity contribution is -0.140. The Bertz CT molecular complexity index is 901. The summed E-state index contributed by atoms with van der Waals surface area (Å²) in [5.74, 6) is -3.81. The third-order valence-corrected chi connectivity index (χ3v) is 5.90. The molecule has 29 heavy (non-hydrogen) atoms. The monoisotopic (exact) mass is 400 g/mol. The van der Waals surface area contributed by atoms with Gasteiger partial charge in [-0.15, -0.1) is 0 Å². The summed E-state index contributed by atoms with van der Waals surface area (Å²) in [7, 11) is 0. The first kappa shape index (κ1) is 21.1. The lowest BCUT2D eigenvalue weighted by Gasteiger charge is -2.39. The van der Waals surface area contributed by atoms with E-state index in [-0.39, 0.29) is 60.1 Å². The summed E-state index contributed by atoms with van der Waals surface area (Å²) < 4.78 is 0. The maximum atomic E-state index is 13.0. The first-order valence-corrected chi connectivity index (χ1v) is 9.84. The Morgan fingerprint density at radius 3 is 1.90 bits per heavy atom. The van der Waals surface area contributed by atoms with Gasteiger partial charge in [0.05, 0.1) is 5.92 Å². The van der Waals surface area contributed by atoms with E-state index in [0.717, 1.165) is 0 Å². The van der Waals surface area contributed by atoms with Crippen LogP contribution in [0.5, 0.6) is 11.5 Å².